The minimum atomic E-state index is -1.45. The van der Waals surface area contributed by atoms with Gasteiger partial charge in [-0.3, -0.25) is 0 Å². The molecule has 54 valence electrons. The van der Waals surface area contributed by atoms with E-state index in [2.05, 4.69) is 13.2 Å². The third-order valence-corrected chi connectivity index (χ3v) is 1.07. The van der Waals surface area contributed by atoms with Crippen molar-refractivity contribution in [3.05, 3.63) is 36.4 Å². The number of hydrogen-bond donors (Lipinski definition) is 2. The summed E-state index contributed by atoms with van der Waals surface area (Å²) in [6.45, 7) is 8.69. The van der Waals surface area contributed by atoms with E-state index in [1.54, 1.807) is 6.92 Å². The second-order valence-corrected chi connectivity index (χ2v) is 2.01. The summed E-state index contributed by atoms with van der Waals surface area (Å²) in [6, 6.07) is 0. The van der Waals surface area contributed by atoms with Crippen LogP contribution in [0.15, 0.2) is 36.4 Å². The number of rotatable bonds is 3. The Bertz CT molecular complexity index is 170. The summed E-state index contributed by atoms with van der Waals surface area (Å²) in [4.78, 5) is 0. The fraction of sp³-hybridized carbons (Fsp3) is 0.143. The molecule has 0 aromatic rings. The maximum Gasteiger partial charge on any atom is 0.488 e. The standard InChI is InChI=1S/C7H11BO2/c1-4-5-7(6(2)3)8(9)10/h4-5,9-10H,1-2H2,3H3/b7-5+. The maximum absolute atomic E-state index is 8.69. The summed E-state index contributed by atoms with van der Waals surface area (Å²) in [5.41, 5.74) is 1.03. The number of hydrogen-bond acceptors (Lipinski definition) is 2. The molecule has 0 aliphatic carbocycles. The fourth-order valence-corrected chi connectivity index (χ4v) is 0.576. The molecule has 0 aromatic heterocycles. The third kappa shape index (κ3) is 2.66. The molecule has 0 saturated heterocycles. The molecule has 0 fully saturated rings. The molecule has 0 unspecified atom stereocenters. The minimum absolute atomic E-state index is 0.398. The second-order valence-electron chi connectivity index (χ2n) is 2.01. The lowest BCUT2D eigenvalue weighted by Crippen LogP contribution is -2.15. The van der Waals surface area contributed by atoms with Crippen molar-refractivity contribution in [3.63, 3.8) is 0 Å². The Balaban J connectivity index is 4.41. The zero-order valence-electron chi connectivity index (χ0n) is 6.04. The highest BCUT2D eigenvalue weighted by atomic mass is 16.4. The fourth-order valence-electron chi connectivity index (χ4n) is 0.576. The lowest BCUT2D eigenvalue weighted by atomic mass is 9.75. The number of allylic oxidation sites excluding steroid dienone is 4. The van der Waals surface area contributed by atoms with Gasteiger partial charge >= 0.3 is 7.12 Å². The van der Waals surface area contributed by atoms with Crippen LogP contribution in [0.2, 0.25) is 0 Å². The average Bonchev–Trinajstić information content (AvgIpc) is 1.81. The van der Waals surface area contributed by atoms with Gasteiger partial charge in [0, 0.05) is 0 Å². The largest absolute Gasteiger partial charge is 0.488 e. The van der Waals surface area contributed by atoms with Gasteiger partial charge in [0.15, 0.2) is 0 Å². The van der Waals surface area contributed by atoms with Gasteiger partial charge in [0.1, 0.15) is 0 Å². The van der Waals surface area contributed by atoms with Crippen molar-refractivity contribution in [2.75, 3.05) is 0 Å². The lowest BCUT2D eigenvalue weighted by Gasteiger charge is -2.02. The summed E-state index contributed by atoms with van der Waals surface area (Å²) in [6.07, 6.45) is 3.01. The van der Waals surface area contributed by atoms with Crippen LogP contribution in [-0.2, 0) is 0 Å². The molecular formula is C7H11BO2. The van der Waals surface area contributed by atoms with Gasteiger partial charge in [-0.25, -0.2) is 0 Å². The quantitative estimate of drug-likeness (QED) is 0.444. The van der Waals surface area contributed by atoms with Crippen molar-refractivity contribution in [2.45, 2.75) is 6.92 Å². The van der Waals surface area contributed by atoms with Gasteiger partial charge in [-0.1, -0.05) is 30.9 Å². The molecule has 2 N–H and O–H groups in total. The van der Waals surface area contributed by atoms with Crippen molar-refractivity contribution >= 4 is 7.12 Å². The summed E-state index contributed by atoms with van der Waals surface area (Å²) < 4.78 is 0. The molecule has 0 aromatic carbocycles. The van der Waals surface area contributed by atoms with Crippen molar-refractivity contribution in [1.29, 1.82) is 0 Å². The monoisotopic (exact) mass is 138 g/mol. The van der Waals surface area contributed by atoms with Crippen LogP contribution < -0.4 is 0 Å². The van der Waals surface area contributed by atoms with Gasteiger partial charge < -0.3 is 10.0 Å². The van der Waals surface area contributed by atoms with E-state index in [0.29, 0.717) is 11.0 Å². The van der Waals surface area contributed by atoms with Crippen LogP contribution >= 0.6 is 0 Å². The van der Waals surface area contributed by atoms with Crippen molar-refractivity contribution < 1.29 is 10.0 Å². The normalized spacial score (nSPS) is 10.9. The smallest absolute Gasteiger partial charge is 0.423 e. The first kappa shape index (κ1) is 9.20. The van der Waals surface area contributed by atoms with E-state index < -0.39 is 7.12 Å². The molecule has 0 aliphatic rings. The van der Waals surface area contributed by atoms with Gasteiger partial charge in [0.05, 0.1) is 0 Å². The SMILES string of the molecule is C=C/C=C(/B(O)O)C(=C)C. The van der Waals surface area contributed by atoms with E-state index in [0.717, 1.165) is 0 Å². The molecule has 10 heavy (non-hydrogen) atoms. The molecule has 0 saturated carbocycles. The van der Waals surface area contributed by atoms with E-state index in [1.807, 2.05) is 0 Å². The summed E-state index contributed by atoms with van der Waals surface area (Å²) in [7, 11) is -1.45. The molecular weight excluding hydrogens is 127 g/mol. The molecule has 0 heterocycles. The van der Waals surface area contributed by atoms with Gasteiger partial charge in [-0.15, -0.1) is 0 Å². The van der Waals surface area contributed by atoms with Crippen LogP contribution in [0.1, 0.15) is 6.92 Å². The third-order valence-electron chi connectivity index (χ3n) is 1.07. The topological polar surface area (TPSA) is 40.5 Å². The Kier molecular flexibility index (Phi) is 3.76. The van der Waals surface area contributed by atoms with Gasteiger partial charge in [-0.05, 0) is 12.4 Å². The predicted molar refractivity (Wildman–Crippen MR) is 43.3 cm³/mol. The van der Waals surface area contributed by atoms with Crippen LogP contribution in [0, 0.1) is 0 Å². The molecule has 0 bridgehead atoms. The van der Waals surface area contributed by atoms with Crippen LogP contribution in [0.25, 0.3) is 0 Å². The Morgan fingerprint density at radius 2 is 2.00 bits per heavy atom. The molecule has 2 nitrogen and oxygen atoms in total. The molecule has 3 heteroatoms. The first-order valence-electron chi connectivity index (χ1n) is 2.94. The summed E-state index contributed by atoms with van der Waals surface area (Å²) >= 11 is 0. The Morgan fingerprint density at radius 1 is 1.50 bits per heavy atom. The molecule has 0 atom stereocenters. The first-order chi connectivity index (χ1) is 4.59. The molecule has 0 amide bonds. The molecule has 0 aliphatic heterocycles. The Hall–Kier alpha value is -0.795. The van der Waals surface area contributed by atoms with Gasteiger partial charge in [0.25, 0.3) is 0 Å². The second kappa shape index (κ2) is 4.09. The molecule has 0 radical (unpaired) electrons. The first-order valence-corrected chi connectivity index (χ1v) is 2.94. The van der Waals surface area contributed by atoms with Gasteiger partial charge in [-0.2, -0.15) is 0 Å². The zero-order valence-corrected chi connectivity index (χ0v) is 6.04. The highest BCUT2D eigenvalue weighted by Gasteiger charge is 2.13. The van der Waals surface area contributed by atoms with Crippen LogP contribution in [0.4, 0.5) is 0 Å². The van der Waals surface area contributed by atoms with Crippen LogP contribution in [-0.4, -0.2) is 17.2 Å². The maximum atomic E-state index is 8.69. The Labute approximate surface area is 61.3 Å². The minimum Gasteiger partial charge on any atom is -0.423 e. The molecule has 0 spiro atoms. The lowest BCUT2D eigenvalue weighted by molar-refractivity contribution is 0.420. The van der Waals surface area contributed by atoms with E-state index >= 15 is 0 Å². The highest BCUT2D eigenvalue weighted by Crippen LogP contribution is 2.07. The van der Waals surface area contributed by atoms with Crippen molar-refractivity contribution in [3.8, 4) is 0 Å². The van der Waals surface area contributed by atoms with Crippen molar-refractivity contribution in [1.82, 2.24) is 0 Å². The van der Waals surface area contributed by atoms with Crippen LogP contribution in [0.3, 0.4) is 0 Å². The molecule has 0 rings (SSSR count). The van der Waals surface area contributed by atoms with E-state index in [-0.39, 0.29) is 0 Å². The average molecular weight is 138 g/mol. The zero-order chi connectivity index (χ0) is 8.15. The predicted octanol–water partition coefficient (Wildman–Crippen LogP) is 0.687. The van der Waals surface area contributed by atoms with Crippen molar-refractivity contribution in [2.24, 2.45) is 0 Å². The summed E-state index contributed by atoms with van der Waals surface area (Å²) in [5, 5.41) is 17.4. The van der Waals surface area contributed by atoms with E-state index in [9.17, 15) is 0 Å². The van der Waals surface area contributed by atoms with E-state index in [4.69, 9.17) is 10.0 Å². The van der Waals surface area contributed by atoms with Crippen LogP contribution in [0.5, 0.6) is 0 Å². The Morgan fingerprint density at radius 3 is 2.10 bits per heavy atom. The van der Waals surface area contributed by atoms with E-state index in [1.165, 1.54) is 12.2 Å². The highest BCUT2D eigenvalue weighted by molar-refractivity contribution is 6.52. The van der Waals surface area contributed by atoms with Gasteiger partial charge in [0.2, 0.25) is 0 Å². The summed E-state index contributed by atoms with van der Waals surface area (Å²) in [5.74, 6) is 0.